The van der Waals surface area contributed by atoms with Crippen LogP contribution >= 0.6 is 11.8 Å². The molecule has 7 atom stereocenters. The van der Waals surface area contributed by atoms with Crippen molar-refractivity contribution < 1.29 is 24.6 Å². The summed E-state index contributed by atoms with van der Waals surface area (Å²) in [4.78, 5) is 43.0. The Bertz CT molecular complexity index is 745. The maximum Gasteiger partial charge on any atom is 0.308 e. The minimum atomic E-state index is -0.975. The molecule has 30 heavy (non-hydrogen) atoms. The fourth-order valence-electron chi connectivity index (χ4n) is 5.94. The van der Waals surface area contributed by atoms with Gasteiger partial charge >= 0.3 is 5.97 Å². The smallest absolute Gasteiger partial charge is 0.308 e. The molecule has 3 aliphatic heterocycles. The number of aliphatic hydroxyl groups excluding tert-OH is 1. The van der Waals surface area contributed by atoms with Crippen LogP contribution < -0.4 is 0 Å². The van der Waals surface area contributed by atoms with Gasteiger partial charge in [0.2, 0.25) is 11.8 Å². The maximum absolute atomic E-state index is 14.0. The van der Waals surface area contributed by atoms with Crippen LogP contribution in [-0.2, 0) is 14.4 Å². The molecule has 2 N–H and O–H groups in total. The zero-order valence-corrected chi connectivity index (χ0v) is 19.2. The Morgan fingerprint density at radius 2 is 2.07 bits per heavy atom. The molecule has 3 rings (SSSR count). The summed E-state index contributed by atoms with van der Waals surface area (Å²) in [7, 11) is 0. The number of hydrogen-bond acceptors (Lipinski definition) is 5. The number of hydrogen-bond donors (Lipinski definition) is 2. The number of rotatable bonds is 9. The Kier molecular flexibility index (Phi) is 6.31. The van der Waals surface area contributed by atoms with Gasteiger partial charge in [-0.1, -0.05) is 19.4 Å². The van der Waals surface area contributed by atoms with Crippen molar-refractivity contribution in [1.82, 2.24) is 9.80 Å². The molecule has 0 aromatic rings. The van der Waals surface area contributed by atoms with Gasteiger partial charge in [0.05, 0.1) is 29.2 Å². The van der Waals surface area contributed by atoms with E-state index in [4.69, 9.17) is 0 Å². The van der Waals surface area contributed by atoms with Gasteiger partial charge < -0.3 is 20.0 Å². The molecular formula is C22H34N2O5S. The Morgan fingerprint density at radius 1 is 1.40 bits per heavy atom. The Morgan fingerprint density at radius 3 is 2.60 bits per heavy atom. The van der Waals surface area contributed by atoms with Crippen molar-refractivity contribution in [2.45, 2.75) is 81.0 Å². The van der Waals surface area contributed by atoms with Crippen LogP contribution in [0, 0.1) is 11.8 Å². The molecule has 1 spiro atoms. The number of carboxylic acid groups (broad SMARTS) is 1. The van der Waals surface area contributed by atoms with Gasteiger partial charge in [0, 0.05) is 17.3 Å². The van der Waals surface area contributed by atoms with Gasteiger partial charge in [-0.3, -0.25) is 14.4 Å². The quantitative estimate of drug-likeness (QED) is 0.535. The lowest BCUT2D eigenvalue weighted by molar-refractivity contribution is -0.151. The predicted octanol–water partition coefficient (Wildman–Crippen LogP) is 2.14. The molecule has 8 heteroatoms. The van der Waals surface area contributed by atoms with E-state index in [9.17, 15) is 24.6 Å². The molecule has 0 aromatic heterocycles. The average molecular weight is 439 g/mol. The van der Waals surface area contributed by atoms with E-state index in [1.807, 2.05) is 13.8 Å². The van der Waals surface area contributed by atoms with Crippen molar-refractivity contribution in [3.05, 3.63) is 12.7 Å². The number of aliphatic hydroxyl groups is 1. The van der Waals surface area contributed by atoms with Crippen LogP contribution in [0.15, 0.2) is 12.7 Å². The van der Waals surface area contributed by atoms with E-state index in [1.165, 1.54) is 16.7 Å². The third kappa shape index (κ3) is 3.18. The number of carbonyl (C=O) groups excluding carboxylic acids is 2. The molecule has 2 amide bonds. The molecule has 2 bridgehead atoms. The van der Waals surface area contributed by atoms with E-state index in [0.29, 0.717) is 19.4 Å². The summed E-state index contributed by atoms with van der Waals surface area (Å²) < 4.78 is -1.32. The molecule has 0 radical (unpaired) electrons. The lowest BCUT2D eigenvalue weighted by Gasteiger charge is -2.40. The number of aliphatic carboxylic acids is 1. The number of fused-ring (bicyclic) bond motifs is 1. The average Bonchev–Trinajstić information content (AvgIpc) is 3.26. The van der Waals surface area contributed by atoms with Gasteiger partial charge in [-0.15, -0.1) is 18.3 Å². The van der Waals surface area contributed by atoms with Crippen LogP contribution in [0.5, 0.6) is 0 Å². The van der Waals surface area contributed by atoms with Crippen LogP contribution in [0.1, 0.15) is 53.4 Å². The Hall–Kier alpha value is -1.54. The monoisotopic (exact) mass is 438 g/mol. The second kappa shape index (κ2) is 8.19. The van der Waals surface area contributed by atoms with Crippen LogP contribution in [0.3, 0.4) is 0 Å². The summed E-state index contributed by atoms with van der Waals surface area (Å²) >= 11 is 1.52. The van der Waals surface area contributed by atoms with Crippen molar-refractivity contribution in [3.63, 3.8) is 0 Å². The van der Waals surface area contributed by atoms with Gasteiger partial charge in [-0.2, -0.15) is 0 Å². The number of carboxylic acids is 1. The van der Waals surface area contributed by atoms with Crippen molar-refractivity contribution in [1.29, 1.82) is 0 Å². The Balaban J connectivity index is 2.10. The molecule has 3 unspecified atom stereocenters. The van der Waals surface area contributed by atoms with E-state index < -0.39 is 39.4 Å². The van der Waals surface area contributed by atoms with Gasteiger partial charge in [0.1, 0.15) is 6.04 Å². The molecule has 0 aromatic carbocycles. The maximum atomic E-state index is 14.0. The molecule has 0 aliphatic carbocycles. The first kappa shape index (κ1) is 23.1. The number of thioether (sulfide) groups is 1. The molecule has 3 saturated heterocycles. The minimum absolute atomic E-state index is 0.0215. The SMILES string of the molecule is C=CCN(C(=O)C1N([C@H](C)CO)C(=O)[C@@H]2[C@H](C(=O)O)[C@]3(C)CCC12S3)C(C)CCC. The first-order valence-electron chi connectivity index (χ1n) is 10.9. The van der Waals surface area contributed by atoms with E-state index in [0.717, 1.165) is 12.8 Å². The minimum Gasteiger partial charge on any atom is -0.481 e. The second-order valence-corrected chi connectivity index (χ2v) is 11.2. The number of nitrogens with zero attached hydrogens (tertiary/aromatic N) is 2. The van der Waals surface area contributed by atoms with Crippen molar-refractivity contribution in [2.75, 3.05) is 13.2 Å². The van der Waals surface area contributed by atoms with Crippen LogP contribution in [-0.4, -0.2) is 78.6 Å². The summed E-state index contributed by atoms with van der Waals surface area (Å²) in [5.74, 6) is -3.00. The first-order valence-corrected chi connectivity index (χ1v) is 11.7. The van der Waals surface area contributed by atoms with Crippen molar-refractivity contribution in [3.8, 4) is 0 Å². The molecule has 7 nitrogen and oxygen atoms in total. The largest absolute Gasteiger partial charge is 0.481 e. The standard InChI is InChI=1S/C22H34N2O5S/c1-6-8-13(3)23(11-7-2)19(27)17-22-10-9-21(5,30-22)16(20(28)29)15(22)18(26)24(17)14(4)12-25/h7,13-17,25H,2,6,8-12H2,1,3-5H3,(H,28,29)/t13?,14-,15+,16-,17?,21+,22?/m1/s1. The number of carbonyl (C=O) groups is 3. The fourth-order valence-corrected chi connectivity index (χ4v) is 8.27. The third-order valence-corrected chi connectivity index (χ3v) is 9.29. The van der Waals surface area contributed by atoms with Crippen LogP contribution in [0.4, 0.5) is 0 Å². The lowest BCUT2D eigenvalue weighted by atomic mass is 9.66. The summed E-state index contributed by atoms with van der Waals surface area (Å²) in [6, 6.07) is -1.35. The van der Waals surface area contributed by atoms with Crippen molar-refractivity contribution >= 4 is 29.5 Å². The first-order chi connectivity index (χ1) is 14.1. The lowest BCUT2D eigenvalue weighted by Crippen LogP contribution is -2.58. The molecular weight excluding hydrogens is 404 g/mol. The second-order valence-electron chi connectivity index (χ2n) is 9.26. The zero-order chi connectivity index (χ0) is 22.4. The highest BCUT2D eigenvalue weighted by atomic mass is 32.2. The van der Waals surface area contributed by atoms with E-state index in [-0.39, 0.29) is 24.5 Å². The molecule has 3 heterocycles. The third-order valence-electron chi connectivity index (χ3n) is 7.30. The Labute approximate surface area is 182 Å². The van der Waals surface area contributed by atoms with E-state index >= 15 is 0 Å². The summed E-state index contributed by atoms with van der Waals surface area (Å²) in [6.45, 7) is 11.6. The summed E-state index contributed by atoms with van der Waals surface area (Å²) in [5.41, 5.74) is 0. The van der Waals surface area contributed by atoms with Crippen molar-refractivity contribution in [2.24, 2.45) is 11.8 Å². The van der Waals surface area contributed by atoms with Crippen LogP contribution in [0.2, 0.25) is 0 Å². The fraction of sp³-hybridized carbons (Fsp3) is 0.773. The highest BCUT2D eigenvalue weighted by Gasteiger charge is 2.77. The molecule has 3 fully saturated rings. The van der Waals surface area contributed by atoms with Gasteiger partial charge in [-0.25, -0.2) is 0 Å². The number of amides is 2. The van der Waals surface area contributed by atoms with E-state index in [2.05, 4.69) is 13.5 Å². The van der Waals surface area contributed by atoms with Gasteiger partial charge in [0.15, 0.2) is 0 Å². The zero-order valence-electron chi connectivity index (χ0n) is 18.3. The van der Waals surface area contributed by atoms with Gasteiger partial charge in [0.25, 0.3) is 0 Å². The van der Waals surface area contributed by atoms with Crippen LogP contribution in [0.25, 0.3) is 0 Å². The highest BCUT2D eigenvalue weighted by Crippen LogP contribution is 2.71. The topological polar surface area (TPSA) is 98.2 Å². The van der Waals surface area contributed by atoms with E-state index in [1.54, 1.807) is 17.9 Å². The highest BCUT2D eigenvalue weighted by molar-refractivity contribution is 8.02. The predicted molar refractivity (Wildman–Crippen MR) is 116 cm³/mol. The summed E-state index contributed by atoms with van der Waals surface area (Å²) in [5, 5.41) is 19.8. The molecule has 3 aliphatic rings. The summed E-state index contributed by atoms with van der Waals surface area (Å²) in [6.07, 6.45) is 4.73. The molecule has 0 saturated carbocycles. The number of likely N-dealkylation sites (tertiary alicyclic amines) is 1. The molecule has 168 valence electrons. The normalized spacial score (nSPS) is 36.5. The van der Waals surface area contributed by atoms with Gasteiger partial charge in [-0.05, 0) is 40.0 Å².